The Morgan fingerprint density at radius 2 is 2.12 bits per heavy atom. The zero-order valence-electron chi connectivity index (χ0n) is 9.53. The summed E-state index contributed by atoms with van der Waals surface area (Å²) in [5, 5.41) is 0.147. The second-order valence-electron chi connectivity index (χ2n) is 4.04. The molecule has 1 aliphatic rings. The van der Waals surface area contributed by atoms with Crippen LogP contribution in [-0.4, -0.2) is 37.7 Å². The molecule has 2 rings (SSSR count). The lowest BCUT2D eigenvalue weighted by Crippen LogP contribution is -2.42. The summed E-state index contributed by atoms with van der Waals surface area (Å²) in [6.07, 6.45) is 0. The maximum atomic E-state index is 13.9. The van der Waals surface area contributed by atoms with Gasteiger partial charge in [0, 0.05) is 25.2 Å². The minimum Gasteiger partial charge on any atom is -0.379 e. The van der Waals surface area contributed by atoms with Gasteiger partial charge in [0.15, 0.2) is 0 Å². The molecule has 94 valence electrons. The van der Waals surface area contributed by atoms with Crippen LogP contribution >= 0.6 is 11.6 Å². The van der Waals surface area contributed by atoms with E-state index in [0.29, 0.717) is 25.3 Å². The van der Waals surface area contributed by atoms with E-state index in [4.69, 9.17) is 22.1 Å². The molecule has 0 radical (unpaired) electrons. The van der Waals surface area contributed by atoms with Gasteiger partial charge in [-0.3, -0.25) is 4.90 Å². The quantitative estimate of drug-likeness (QED) is 0.899. The van der Waals surface area contributed by atoms with Crippen LogP contribution in [0.5, 0.6) is 0 Å². The Kier molecular flexibility index (Phi) is 4.34. The first kappa shape index (κ1) is 12.8. The highest BCUT2D eigenvalue weighted by atomic mass is 35.5. The van der Waals surface area contributed by atoms with E-state index in [9.17, 15) is 4.39 Å². The van der Waals surface area contributed by atoms with Crippen molar-refractivity contribution in [1.82, 2.24) is 4.90 Å². The normalized spacial score (nSPS) is 19.2. The van der Waals surface area contributed by atoms with E-state index in [0.717, 1.165) is 13.1 Å². The van der Waals surface area contributed by atoms with Crippen molar-refractivity contribution >= 4 is 11.6 Å². The van der Waals surface area contributed by atoms with E-state index < -0.39 is 0 Å². The van der Waals surface area contributed by atoms with Crippen molar-refractivity contribution in [3.05, 3.63) is 34.6 Å². The molecule has 17 heavy (non-hydrogen) atoms. The lowest BCUT2D eigenvalue weighted by Gasteiger charge is -2.34. The number of halogens is 2. The molecule has 5 heteroatoms. The number of benzene rings is 1. The highest BCUT2D eigenvalue weighted by Gasteiger charge is 2.24. The molecule has 1 unspecified atom stereocenters. The van der Waals surface area contributed by atoms with Crippen LogP contribution in [0.25, 0.3) is 0 Å². The Labute approximate surface area is 105 Å². The van der Waals surface area contributed by atoms with Gasteiger partial charge in [0.1, 0.15) is 5.82 Å². The molecule has 3 nitrogen and oxygen atoms in total. The predicted molar refractivity (Wildman–Crippen MR) is 65.6 cm³/mol. The lowest BCUT2D eigenvalue weighted by molar-refractivity contribution is 0.0172. The molecule has 1 aromatic rings. The van der Waals surface area contributed by atoms with Crippen molar-refractivity contribution in [3.63, 3.8) is 0 Å². The maximum Gasteiger partial charge on any atom is 0.146 e. The number of hydrogen-bond donors (Lipinski definition) is 1. The monoisotopic (exact) mass is 258 g/mol. The summed E-state index contributed by atoms with van der Waals surface area (Å²) in [7, 11) is 0. The first-order chi connectivity index (χ1) is 8.24. The van der Waals surface area contributed by atoms with E-state index in [-0.39, 0.29) is 16.9 Å². The van der Waals surface area contributed by atoms with E-state index in [1.54, 1.807) is 18.2 Å². The van der Waals surface area contributed by atoms with Crippen LogP contribution in [-0.2, 0) is 4.74 Å². The van der Waals surface area contributed by atoms with Crippen LogP contribution in [0, 0.1) is 5.82 Å². The third kappa shape index (κ3) is 2.77. The molecule has 2 N–H and O–H groups in total. The van der Waals surface area contributed by atoms with Crippen LogP contribution < -0.4 is 5.73 Å². The van der Waals surface area contributed by atoms with Crippen LogP contribution in [0.15, 0.2) is 18.2 Å². The van der Waals surface area contributed by atoms with Gasteiger partial charge in [0.2, 0.25) is 0 Å². The van der Waals surface area contributed by atoms with Crippen molar-refractivity contribution < 1.29 is 9.13 Å². The van der Waals surface area contributed by atoms with Gasteiger partial charge in [-0.2, -0.15) is 0 Å². The van der Waals surface area contributed by atoms with Gasteiger partial charge in [-0.05, 0) is 6.07 Å². The smallest absolute Gasteiger partial charge is 0.146 e. The van der Waals surface area contributed by atoms with Gasteiger partial charge in [-0.15, -0.1) is 0 Å². The van der Waals surface area contributed by atoms with Gasteiger partial charge >= 0.3 is 0 Å². The van der Waals surface area contributed by atoms with Gasteiger partial charge < -0.3 is 10.5 Å². The number of morpholine rings is 1. The molecule has 0 amide bonds. The summed E-state index contributed by atoms with van der Waals surface area (Å²) < 4.78 is 19.2. The molecule has 1 atom stereocenters. The Morgan fingerprint density at radius 3 is 2.76 bits per heavy atom. The van der Waals surface area contributed by atoms with E-state index in [2.05, 4.69) is 4.90 Å². The molecule has 0 bridgehead atoms. The molecule has 1 fully saturated rings. The summed E-state index contributed by atoms with van der Waals surface area (Å²) >= 11 is 5.79. The Morgan fingerprint density at radius 1 is 1.41 bits per heavy atom. The van der Waals surface area contributed by atoms with Gasteiger partial charge in [-0.25, -0.2) is 4.39 Å². The second kappa shape index (κ2) is 5.78. The molecule has 0 aromatic heterocycles. The molecule has 0 aliphatic carbocycles. The number of nitrogens with two attached hydrogens (primary N) is 1. The van der Waals surface area contributed by atoms with Crippen LogP contribution in [0.4, 0.5) is 4.39 Å². The summed E-state index contributed by atoms with van der Waals surface area (Å²) in [4.78, 5) is 2.14. The van der Waals surface area contributed by atoms with Crippen molar-refractivity contribution in [2.45, 2.75) is 6.04 Å². The van der Waals surface area contributed by atoms with Crippen LogP contribution in [0.2, 0.25) is 5.02 Å². The molecule has 0 spiro atoms. The Bertz CT molecular complexity index is 383. The summed E-state index contributed by atoms with van der Waals surface area (Å²) in [5.41, 5.74) is 6.33. The number of hydrogen-bond acceptors (Lipinski definition) is 3. The lowest BCUT2D eigenvalue weighted by atomic mass is 10.0. The standard InChI is InChI=1S/C12H16ClFN2O/c13-10-3-1-2-9(12(10)14)11(8-15)16-4-6-17-7-5-16/h1-3,11H,4-8,15H2. The molecule has 0 saturated carbocycles. The van der Waals surface area contributed by atoms with Gasteiger partial charge in [0.05, 0.1) is 24.3 Å². The SMILES string of the molecule is NCC(c1cccc(Cl)c1F)N1CCOCC1. The molecular formula is C12H16ClFN2O. The third-order valence-corrected chi connectivity index (χ3v) is 3.34. The van der Waals surface area contributed by atoms with Crippen molar-refractivity contribution in [2.24, 2.45) is 5.73 Å². The predicted octanol–water partition coefficient (Wildman–Crippen LogP) is 1.81. The average Bonchev–Trinajstić information content (AvgIpc) is 2.37. The van der Waals surface area contributed by atoms with Crippen LogP contribution in [0.1, 0.15) is 11.6 Å². The zero-order valence-corrected chi connectivity index (χ0v) is 10.3. The fourth-order valence-corrected chi connectivity index (χ4v) is 2.32. The van der Waals surface area contributed by atoms with Crippen LogP contribution in [0.3, 0.4) is 0 Å². The Balaban J connectivity index is 2.24. The van der Waals surface area contributed by atoms with Gasteiger partial charge in [-0.1, -0.05) is 23.7 Å². The largest absolute Gasteiger partial charge is 0.379 e. The van der Waals surface area contributed by atoms with E-state index >= 15 is 0 Å². The first-order valence-electron chi connectivity index (χ1n) is 5.70. The molecule has 1 heterocycles. The minimum absolute atomic E-state index is 0.127. The number of nitrogens with zero attached hydrogens (tertiary/aromatic N) is 1. The topological polar surface area (TPSA) is 38.5 Å². The summed E-state index contributed by atoms with van der Waals surface area (Å²) in [6.45, 7) is 3.25. The zero-order chi connectivity index (χ0) is 12.3. The number of rotatable bonds is 3. The highest BCUT2D eigenvalue weighted by molar-refractivity contribution is 6.30. The molecule has 1 aliphatic heterocycles. The minimum atomic E-state index is -0.365. The maximum absolute atomic E-state index is 13.9. The van der Waals surface area contributed by atoms with E-state index in [1.807, 2.05) is 0 Å². The Hall–Kier alpha value is -0.680. The van der Waals surface area contributed by atoms with E-state index in [1.165, 1.54) is 0 Å². The average molecular weight is 259 g/mol. The number of ether oxygens (including phenoxy) is 1. The first-order valence-corrected chi connectivity index (χ1v) is 6.07. The molecular weight excluding hydrogens is 243 g/mol. The van der Waals surface area contributed by atoms with Crippen molar-refractivity contribution in [1.29, 1.82) is 0 Å². The third-order valence-electron chi connectivity index (χ3n) is 3.05. The van der Waals surface area contributed by atoms with Gasteiger partial charge in [0.25, 0.3) is 0 Å². The molecule has 1 saturated heterocycles. The molecule has 1 aromatic carbocycles. The van der Waals surface area contributed by atoms with Crippen molar-refractivity contribution in [3.8, 4) is 0 Å². The van der Waals surface area contributed by atoms with Crippen molar-refractivity contribution in [2.75, 3.05) is 32.8 Å². The highest BCUT2D eigenvalue weighted by Crippen LogP contribution is 2.27. The fourth-order valence-electron chi connectivity index (χ4n) is 2.14. The summed E-state index contributed by atoms with van der Waals surface area (Å²) in [6, 6.07) is 4.92. The fraction of sp³-hybridized carbons (Fsp3) is 0.500. The second-order valence-corrected chi connectivity index (χ2v) is 4.45. The summed E-state index contributed by atoms with van der Waals surface area (Å²) in [5.74, 6) is -0.365.